The number of likely N-dealkylation sites (N-methyl/N-ethyl adjacent to an activating group) is 1. The fourth-order valence-electron chi connectivity index (χ4n) is 2.24. The largest absolute Gasteiger partial charge is 0.477 e. The molecule has 2 rings (SSSR count). The van der Waals surface area contributed by atoms with E-state index in [0.29, 0.717) is 12.4 Å². The lowest BCUT2D eigenvalue weighted by Crippen LogP contribution is -2.27. The lowest BCUT2D eigenvalue weighted by atomic mass is 10.0. The summed E-state index contributed by atoms with van der Waals surface area (Å²) in [6.45, 7) is 2.71. The zero-order valence-corrected chi connectivity index (χ0v) is 13.1. The van der Waals surface area contributed by atoms with E-state index in [1.165, 1.54) is 17.2 Å². The molecule has 0 aliphatic heterocycles. The van der Waals surface area contributed by atoms with Crippen molar-refractivity contribution in [3.63, 3.8) is 0 Å². The molecule has 1 heterocycles. The summed E-state index contributed by atoms with van der Waals surface area (Å²) in [6, 6.07) is 13.5. The van der Waals surface area contributed by atoms with Crippen molar-refractivity contribution in [1.82, 2.24) is 9.88 Å². The summed E-state index contributed by atoms with van der Waals surface area (Å²) >= 11 is 0. The molecule has 1 aromatic carbocycles. The van der Waals surface area contributed by atoms with E-state index >= 15 is 0 Å². The van der Waals surface area contributed by atoms with E-state index in [1.54, 1.807) is 12.1 Å². The molecular weight excluding hydrogens is 278 g/mol. The van der Waals surface area contributed by atoms with Gasteiger partial charge in [-0.3, -0.25) is 0 Å². The van der Waals surface area contributed by atoms with Gasteiger partial charge >= 0.3 is 5.97 Å². The molecule has 0 bridgehead atoms. The highest BCUT2D eigenvalue weighted by Crippen LogP contribution is 2.19. The quantitative estimate of drug-likeness (QED) is 0.858. The maximum atomic E-state index is 11.0. The summed E-state index contributed by atoms with van der Waals surface area (Å²) in [7, 11) is 4.04. The van der Waals surface area contributed by atoms with Gasteiger partial charge in [0, 0.05) is 6.54 Å². The van der Waals surface area contributed by atoms with Crippen LogP contribution in [-0.2, 0) is 0 Å². The number of nitrogens with zero attached hydrogens (tertiary/aromatic N) is 2. The van der Waals surface area contributed by atoms with Crippen LogP contribution in [0.5, 0.6) is 0 Å². The molecule has 0 spiro atoms. The van der Waals surface area contributed by atoms with Crippen LogP contribution in [0.1, 0.15) is 27.7 Å². The number of carbonyl (C=O) groups is 1. The molecule has 0 aliphatic carbocycles. The molecule has 0 fully saturated rings. The molecule has 5 heteroatoms. The van der Waals surface area contributed by atoms with Crippen LogP contribution in [-0.4, -0.2) is 41.6 Å². The molecule has 1 unspecified atom stereocenters. The normalized spacial score (nSPS) is 12.2. The third-order valence-electron chi connectivity index (χ3n) is 3.53. The Kier molecular flexibility index (Phi) is 5.12. The van der Waals surface area contributed by atoms with Crippen molar-refractivity contribution in [2.24, 2.45) is 0 Å². The van der Waals surface area contributed by atoms with E-state index < -0.39 is 5.97 Å². The second kappa shape index (κ2) is 7.04. The number of pyridine rings is 1. The van der Waals surface area contributed by atoms with Gasteiger partial charge in [-0.15, -0.1) is 0 Å². The Balaban J connectivity index is 2.11. The maximum absolute atomic E-state index is 11.0. The van der Waals surface area contributed by atoms with Crippen molar-refractivity contribution in [1.29, 1.82) is 0 Å². The molecular formula is C17H21N3O2. The molecule has 1 aromatic heterocycles. The van der Waals surface area contributed by atoms with Crippen molar-refractivity contribution < 1.29 is 9.90 Å². The van der Waals surface area contributed by atoms with E-state index in [0.717, 1.165) is 0 Å². The molecule has 1 atom stereocenters. The first-order chi connectivity index (χ1) is 10.5. The summed E-state index contributed by atoms with van der Waals surface area (Å²) in [6.07, 6.45) is 0. The number of anilines is 1. The van der Waals surface area contributed by atoms with E-state index in [-0.39, 0.29) is 11.7 Å². The number of aromatic carboxylic acids is 1. The fourth-order valence-corrected chi connectivity index (χ4v) is 2.24. The van der Waals surface area contributed by atoms with Gasteiger partial charge in [-0.25, -0.2) is 9.78 Å². The second-order valence-corrected chi connectivity index (χ2v) is 5.48. The minimum absolute atomic E-state index is 0.0433. The van der Waals surface area contributed by atoms with Crippen LogP contribution < -0.4 is 5.32 Å². The number of aromatic nitrogens is 1. The van der Waals surface area contributed by atoms with E-state index in [9.17, 15) is 4.79 Å². The van der Waals surface area contributed by atoms with Gasteiger partial charge in [0.15, 0.2) is 5.69 Å². The Morgan fingerprint density at radius 1 is 1.23 bits per heavy atom. The van der Waals surface area contributed by atoms with Gasteiger partial charge in [-0.05, 0) is 38.7 Å². The van der Waals surface area contributed by atoms with Crippen LogP contribution in [0, 0.1) is 6.92 Å². The number of hydrogen-bond donors (Lipinski definition) is 2. The highest BCUT2D eigenvalue weighted by atomic mass is 16.4. The van der Waals surface area contributed by atoms with Crippen LogP contribution in [0.2, 0.25) is 0 Å². The molecule has 0 saturated carbocycles. The standard InChI is InChI=1S/C17H21N3O2/c1-12-7-9-13(10-8-12)15(20(2)3)11-18-16-6-4-5-14(19-16)17(21)22/h4-10,15H,11H2,1-3H3,(H,18,19)(H,21,22). The first-order valence-corrected chi connectivity index (χ1v) is 7.14. The number of benzene rings is 1. The molecule has 0 amide bonds. The van der Waals surface area contributed by atoms with Crippen LogP contribution in [0.25, 0.3) is 0 Å². The summed E-state index contributed by atoms with van der Waals surface area (Å²) in [5, 5.41) is 12.2. The molecule has 2 aromatic rings. The fraction of sp³-hybridized carbons (Fsp3) is 0.294. The molecule has 0 saturated heterocycles. The van der Waals surface area contributed by atoms with Gasteiger partial charge in [-0.1, -0.05) is 35.9 Å². The molecule has 22 heavy (non-hydrogen) atoms. The topological polar surface area (TPSA) is 65.5 Å². The van der Waals surface area contributed by atoms with Crippen molar-refractivity contribution in [2.45, 2.75) is 13.0 Å². The van der Waals surface area contributed by atoms with Gasteiger partial charge in [0.2, 0.25) is 0 Å². The number of hydrogen-bond acceptors (Lipinski definition) is 4. The zero-order chi connectivity index (χ0) is 16.1. The van der Waals surface area contributed by atoms with Gasteiger partial charge in [-0.2, -0.15) is 0 Å². The highest BCUT2D eigenvalue weighted by Gasteiger charge is 2.14. The summed E-state index contributed by atoms with van der Waals surface area (Å²) in [4.78, 5) is 17.2. The lowest BCUT2D eigenvalue weighted by molar-refractivity contribution is 0.0690. The summed E-state index contributed by atoms with van der Waals surface area (Å²) in [5.41, 5.74) is 2.48. The predicted octanol–water partition coefficient (Wildman–Crippen LogP) is 2.80. The van der Waals surface area contributed by atoms with Crippen LogP contribution in [0.3, 0.4) is 0 Å². The lowest BCUT2D eigenvalue weighted by Gasteiger charge is -2.25. The highest BCUT2D eigenvalue weighted by molar-refractivity contribution is 5.85. The zero-order valence-electron chi connectivity index (χ0n) is 13.1. The smallest absolute Gasteiger partial charge is 0.354 e. The number of rotatable bonds is 6. The molecule has 2 N–H and O–H groups in total. The van der Waals surface area contributed by atoms with E-state index in [2.05, 4.69) is 46.4 Å². The van der Waals surface area contributed by atoms with E-state index in [1.807, 2.05) is 14.1 Å². The van der Waals surface area contributed by atoms with Gasteiger partial charge in [0.05, 0.1) is 6.04 Å². The number of carboxylic acid groups (broad SMARTS) is 1. The minimum atomic E-state index is -1.02. The summed E-state index contributed by atoms with van der Waals surface area (Å²) < 4.78 is 0. The van der Waals surface area contributed by atoms with Crippen molar-refractivity contribution in [2.75, 3.05) is 26.0 Å². The Morgan fingerprint density at radius 2 is 1.91 bits per heavy atom. The SMILES string of the molecule is Cc1ccc(C(CNc2cccc(C(=O)O)n2)N(C)C)cc1. The number of carboxylic acids is 1. The maximum Gasteiger partial charge on any atom is 0.354 e. The first-order valence-electron chi connectivity index (χ1n) is 7.14. The van der Waals surface area contributed by atoms with Gasteiger partial charge in [0.25, 0.3) is 0 Å². The first kappa shape index (κ1) is 16.0. The van der Waals surface area contributed by atoms with Crippen molar-refractivity contribution in [3.05, 3.63) is 59.3 Å². The molecule has 5 nitrogen and oxygen atoms in total. The number of aryl methyl sites for hydroxylation is 1. The Morgan fingerprint density at radius 3 is 2.50 bits per heavy atom. The van der Waals surface area contributed by atoms with Crippen LogP contribution in [0.4, 0.5) is 5.82 Å². The Bertz CT molecular complexity index is 639. The Hall–Kier alpha value is -2.40. The second-order valence-electron chi connectivity index (χ2n) is 5.48. The van der Waals surface area contributed by atoms with Gasteiger partial charge in [0.1, 0.15) is 5.82 Å². The average Bonchev–Trinajstić information content (AvgIpc) is 2.49. The molecule has 116 valence electrons. The van der Waals surface area contributed by atoms with Crippen molar-refractivity contribution >= 4 is 11.8 Å². The predicted molar refractivity (Wildman–Crippen MR) is 87.3 cm³/mol. The monoisotopic (exact) mass is 299 g/mol. The molecule has 0 radical (unpaired) electrons. The summed E-state index contributed by atoms with van der Waals surface area (Å²) in [5.74, 6) is -0.454. The average molecular weight is 299 g/mol. The minimum Gasteiger partial charge on any atom is -0.477 e. The number of nitrogens with one attached hydrogen (secondary N) is 1. The third kappa shape index (κ3) is 4.05. The van der Waals surface area contributed by atoms with Crippen LogP contribution >= 0.6 is 0 Å². The third-order valence-corrected chi connectivity index (χ3v) is 3.53. The Labute approximate surface area is 130 Å². The van der Waals surface area contributed by atoms with Crippen LogP contribution in [0.15, 0.2) is 42.5 Å². The van der Waals surface area contributed by atoms with Crippen molar-refractivity contribution in [3.8, 4) is 0 Å². The van der Waals surface area contributed by atoms with Gasteiger partial charge < -0.3 is 15.3 Å². The molecule has 0 aliphatic rings. The van der Waals surface area contributed by atoms with E-state index in [4.69, 9.17) is 5.11 Å².